The van der Waals surface area contributed by atoms with E-state index in [1.807, 2.05) is 6.08 Å². The van der Waals surface area contributed by atoms with Crippen LogP contribution < -0.4 is 5.32 Å². The van der Waals surface area contributed by atoms with Crippen LogP contribution in [-0.2, 0) is 14.3 Å². The molecule has 0 aromatic carbocycles. The Morgan fingerprint density at radius 2 is 0.568 bits per heavy atom. The van der Waals surface area contributed by atoms with Gasteiger partial charge in [0.15, 0.2) is 0 Å². The molecule has 81 heavy (non-hydrogen) atoms. The highest BCUT2D eigenvalue weighted by atomic mass is 16.5. The Labute approximate surface area is 508 Å². The van der Waals surface area contributed by atoms with Crippen molar-refractivity contribution in [1.29, 1.82) is 0 Å². The van der Waals surface area contributed by atoms with Crippen molar-refractivity contribution in [2.24, 2.45) is 0 Å². The lowest BCUT2D eigenvalue weighted by Gasteiger charge is -2.20. The molecule has 0 heterocycles. The Bertz CT molecular complexity index is 1220. The Morgan fingerprint density at radius 1 is 0.333 bits per heavy atom. The van der Waals surface area contributed by atoms with Gasteiger partial charge in [0, 0.05) is 12.8 Å². The fourth-order valence-corrected chi connectivity index (χ4v) is 12.1. The lowest BCUT2D eigenvalue weighted by Crippen LogP contribution is -2.45. The van der Waals surface area contributed by atoms with E-state index < -0.39 is 12.1 Å². The number of carbonyl (C=O) groups is 2. The largest absolute Gasteiger partial charge is 0.466 e. The molecule has 0 aliphatic heterocycles. The molecule has 482 valence electrons. The number of rotatable bonds is 71. The molecule has 1 amide bonds. The molecule has 0 aromatic heterocycles. The molecule has 0 bridgehead atoms. The van der Waals surface area contributed by atoms with Crippen molar-refractivity contribution in [3.05, 3.63) is 12.2 Å². The van der Waals surface area contributed by atoms with Crippen molar-refractivity contribution in [2.75, 3.05) is 13.2 Å². The normalized spacial score (nSPS) is 12.5. The van der Waals surface area contributed by atoms with E-state index in [-0.39, 0.29) is 18.5 Å². The third-order valence-electron chi connectivity index (χ3n) is 17.8. The second kappa shape index (κ2) is 71.1. The van der Waals surface area contributed by atoms with Gasteiger partial charge in [-0.2, -0.15) is 0 Å². The van der Waals surface area contributed by atoms with Crippen LogP contribution in [0.4, 0.5) is 0 Å². The Balaban J connectivity index is 3.37. The van der Waals surface area contributed by atoms with Crippen LogP contribution in [0.25, 0.3) is 0 Å². The summed E-state index contributed by atoms with van der Waals surface area (Å²) >= 11 is 0. The van der Waals surface area contributed by atoms with E-state index in [9.17, 15) is 19.8 Å². The minimum atomic E-state index is -0.844. The van der Waals surface area contributed by atoms with Crippen molar-refractivity contribution in [3.8, 4) is 0 Å². The number of hydrogen-bond donors (Lipinski definition) is 3. The zero-order valence-corrected chi connectivity index (χ0v) is 55.3. The van der Waals surface area contributed by atoms with Gasteiger partial charge in [-0.1, -0.05) is 398 Å². The molecule has 0 aromatic rings. The van der Waals surface area contributed by atoms with Crippen molar-refractivity contribution >= 4 is 11.9 Å². The van der Waals surface area contributed by atoms with Crippen molar-refractivity contribution in [2.45, 2.75) is 443 Å². The summed E-state index contributed by atoms with van der Waals surface area (Å²) in [5.41, 5.74) is 0. The summed E-state index contributed by atoms with van der Waals surface area (Å²) in [4.78, 5) is 24.6. The molecule has 0 saturated carbocycles. The number of hydrogen-bond acceptors (Lipinski definition) is 5. The molecule has 0 spiro atoms. The van der Waals surface area contributed by atoms with Gasteiger partial charge < -0.3 is 20.3 Å². The topological polar surface area (TPSA) is 95.9 Å². The van der Waals surface area contributed by atoms with Crippen LogP contribution >= 0.6 is 0 Å². The predicted molar refractivity (Wildman–Crippen MR) is 357 cm³/mol. The van der Waals surface area contributed by atoms with Crippen LogP contribution in [0.2, 0.25) is 0 Å². The summed E-state index contributed by atoms with van der Waals surface area (Å²) in [5.74, 6) is -0.0402. The van der Waals surface area contributed by atoms with E-state index in [1.54, 1.807) is 6.08 Å². The van der Waals surface area contributed by atoms with Crippen molar-refractivity contribution in [3.63, 3.8) is 0 Å². The second-order valence-electron chi connectivity index (χ2n) is 26.0. The van der Waals surface area contributed by atoms with Gasteiger partial charge in [0.1, 0.15) is 0 Å². The standard InChI is InChI=1S/C75H147NO5/c1-3-5-7-9-11-13-15-17-19-21-22-23-27-30-33-36-39-43-47-51-55-59-63-67-73(78)72(71-77)76-74(79)68-64-60-56-52-48-44-40-37-34-31-28-25-24-26-29-32-35-38-42-46-50-54-58-62-66-70-81-75(80)69-65-61-57-53-49-45-41-20-18-16-14-12-10-8-6-4-2/h63,67,72-73,77-78H,3-62,64-66,68-71H2,1-2H3,(H,76,79)/b67-63+. The number of carbonyl (C=O) groups excluding carboxylic acids is 2. The zero-order chi connectivity index (χ0) is 58.5. The summed E-state index contributed by atoms with van der Waals surface area (Å²) in [7, 11) is 0. The number of ether oxygens (including phenoxy) is 1. The fourth-order valence-electron chi connectivity index (χ4n) is 12.1. The molecule has 3 N–H and O–H groups in total. The SMILES string of the molecule is CCCCCCCCCCCCCCCCCCCCCCC/C=C/C(O)C(CO)NC(=O)CCCCCCCCCCCCCCCCCCCCCCCCCCCOC(=O)CCCCCCCCCCCCCCCCCC. The van der Waals surface area contributed by atoms with Gasteiger partial charge >= 0.3 is 5.97 Å². The fraction of sp³-hybridized carbons (Fsp3) is 0.947. The molecule has 0 fully saturated rings. The van der Waals surface area contributed by atoms with Gasteiger partial charge in [-0.15, -0.1) is 0 Å². The number of allylic oxidation sites excluding steroid dienone is 1. The molecular weight excluding hydrogens is 995 g/mol. The minimum absolute atomic E-state index is 0.0207. The lowest BCUT2D eigenvalue weighted by molar-refractivity contribution is -0.143. The molecule has 6 nitrogen and oxygen atoms in total. The molecule has 0 aliphatic rings. The molecule has 2 atom stereocenters. The van der Waals surface area contributed by atoms with Gasteiger partial charge in [-0.25, -0.2) is 0 Å². The maximum Gasteiger partial charge on any atom is 0.305 e. The predicted octanol–water partition coefficient (Wildman–Crippen LogP) is 24.3. The lowest BCUT2D eigenvalue weighted by atomic mass is 10.0. The molecule has 0 rings (SSSR count). The first kappa shape index (κ1) is 79.6. The quantitative estimate of drug-likeness (QED) is 0.0320. The number of esters is 1. The van der Waals surface area contributed by atoms with Crippen LogP contribution in [0.1, 0.15) is 431 Å². The highest BCUT2D eigenvalue weighted by molar-refractivity contribution is 5.76. The first-order valence-corrected chi connectivity index (χ1v) is 37.5. The van der Waals surface area contributed by atoms with Gasteiger partial charge in [-0.3, -0.25) is 9.59 Å². The number of aliphatic hydroxyl groups is 2. The van der Waals surface area contributed by atoms with E-state index in [0.717, 1.165) is 38.5 Å². The summed E-state index contributed by atoms with van der Waals surface area (Å²) in [6.45, 7) is 4.96. The number of unbranched alkanes of at least 4 members (excludes halogenated alkanes) is 60. The Kier molecular flexibility index (Phi) is 69.9. The maximum absolute atomic E-state index is 12.5. The number of nitrogens with one attached hydrogen (secondary N) is 1. The molecule has 0 saturated heterocycles. The minimum Gasteiger partial charge on any atom is -0.466 e. The van der Waals surface area contributed by atoms with Gasteiger partial charge in [-0.05, 0) is 32.1 Å². The maximum atomic E-state index is 12.5. The number of amides is 1. The third kappa shape index (κ3) is 67.6. The third-order valence-corrected chi connectivity index (χ3v) is 17.8. The molecular formula is C75H147NO5. The summed E-state index contributed by atoms with van der Waals surface area (Å²) in [6, 6.07) is -0.627. The Hall–Kier alpha value is -1.40. The van der Waals surface area contributed by atoms with Crippen LogP contribution in [0.3, 0.4) is 0 Å². The van der Waals surface area contributed by atoms with E-state index in [4.69, 9.17) is 4.74 Å². The second-order valence-corrected chi connectivity index (χ2v) is 26.0. The van der Waals surface area contributed by atoms with E-state index >= 15 is 0 Å². The first-order chi connectivity index (χ1) is 40.0. The highest BCUT2D eigenvalue weighted by Crippen LogP contribution is 2.20. The first-order valence-electron chi connectivity index (χ1n) is 37.5. The molecule has 0 radical (unpaired) electrons. The van der Waals surface area contributed by atoms with E-state index in [2.05, 4.69) is 19.2 Å². The zero-order valence-electron chi connectivity index (χ0n) is 55.3. The van der Waals surface area contributed by atoms with Crippen LogP contribution in [-0.4, -0.2) is 47.4 Å². The van der Waals surface area contributed by atoms with E-state index in [0.29, 0.717) is 19.4 Å². The highest BCUT2D eigenvalue weighted by Gasteiger charge is 2.18. The summed E-state index contributed by atoms with van der Waals surface area (Å²) in [6.07, 6.45) is 88.8. The summed E-state index contributed by atoms with van der Waals surface area (Å²) in [5, 5.41) is 23.3. The van der Waals surface area contributed by atoms with Crippen LogP contribution in [0.15, 0.2) is 12.2 Å². The average molecular weight is 1140 g/mol. The number of aliphatic hydroxyl groups excluding tert-OH is 2. The smallest absolute Gasteiger partial charge is 0.305 e. The van der Waals surface area contributed by atoms with Crippen molar-refractivity contribution < 1.29 is 24.5 Å². The van der Waals surface area contributed by atoms with E-state index in [1.165, 1.54) is 366 Å². The van der Waals surface area contributed by atoms with Crippen LogP contribution in [0.5, 0.6) is 0 Å². The average Bonchev–Trinajstić information content (AvgIpc) is 3.47. The van der Waals surface area contributed by atoms with Crippen LogP contribution in [0, 0.1) is 0 Å². The summed E-state index contributed by atoms with van der Waals surface area (Å²) < 4.78 is 5.51. The van der Waals surface area contributed by atoms with Crippen molar-refractivity contribution in [1.82, 2.24) is 5.32 Å². The van der Waals surface area contributed by atoms with Gasteiger partial charge in [0.05, 0.1) is 25.4 Å². The van der Waals surface area contributed by atoms with Gasteiger partial charge in [0.2, 0.25) is 5.91 Å². The monoisotopic (exact) mass is 1140 g/mol. The van der Waals surface area contributed by atoms with Gasteiger partial charge in [0.25, 0.3) is 0 Å². The molecule has 6 heteroatoms. The Morgan fingerprint density at radius 3 is 0.840 bits per heavy atom. The molecule has 2 unspecified atom stereocenters. The molecule has 0 aliphatic carbocycles.